The fourth-order valence-corrected chi connectivity index (χ4v) is 7.70. The second-order valence-electron chi connectivity index (χ2n) is 12.9. The zero-order chi connectivity index (χ0) is 31.5. The lowest BCUT2D eigenvalue weighted by Gasteiger charge is -2.24. The molecule has 47 heavy (non-hydrogen) atoms. The van der Waals surface area contributed by atoms with Crippen LogP contribution in [-0.4, -0.2) is 9.97 Å². The van der Waals surface area contributed by atoms with Crippen molar-refractivity contribution < 1.29 is 0 Å². The largest absolute Gasteiger partial charge is 0.228 e. The van der Waals surface area contributed by atoms with Gasteiger partial charge >= 0.3 is 0 Å². The van der Waals surface area contributed by atoms with Crippen molar-refractivity contribution in [3.8, 4) is 56.2 Å². The molecule has 0 spiro atoms. The third-order valence-electron chi connectivity index (χ3n) is 9.84. The number of rotatable bonds is 4. The summed E-state index contributed by atoms with van der Waals surface area (Å²) in [6.45, 7) is 4.63. The highest BCUT2D eigenvalue weighted by molar-refractivity contribution is 6.21. The normalized spacial score (nSPS) is 13.1. The van der Waals surface area contributed by atoms with Gasteiger partial charge in [-0.05, 0) is 55.4 Å². The van der Waals surface area contributed by atoms with Gasteiger partial charge in [-0.3, -0.25) is 0 Å². The molecule has 222 valence electrons. The van der Waals surface area contributed by atoms with E-state index in [0.29, 0.717) is 0 Å². The van der Waals surface area contributed by atoms with Gasteiger partial charge in [0.15, 0.2) is 5.82 Å². The van der Waals surface area contributed by atoms with E-state index in [1.807, 2.05) is 6.07 Å². The Labute approximate surface area is 275 Å². The maximum absolute atomic E-state index is 5.35. The summed E-state index contributed by atoms with van der Waals surface area (Å²) in [5, 5.41) is 5.02. The molecule has 0 saturated heterocycles. The predicted octanol–water partition coefficient (Wildman–Crippen LogP) is 11.8. The van der Waals surface area contributed by atoms with Gasteiger partial charge in [0.25, 0.3) is 0 Å². The van der Waals surface area contributed by atoms with Gasteiger partial charge in [-0.15, -0.1) is 0 Å². The summed E-state index contributed by atoms with van der Waals surface area (Å²) in [6.07, 6.45) is 0. The second-order valence-corrected chi connectivity index (χ2v) is 12.9. The first-order valence-corrected chi connectivity index (χ1v) is 16.3. The molecule has 0 aliphatic heterocycles. The molecule has 0 unspecified atom stereocenters. The summed E-state index contributed by atoms with van der Waals surface area (Å²) in [5.74, 6) is 0.750. The van der Waals surface area contributed by atoms with Gasteiger partial charge in [-0.2, -0.15) is 0 Å². The molecule has 2 heteroatoms. The van der Waals surface area contributed by atoms with E-state index in [1.165, 1.54) is 60.5 Å². The van der Waals surface area contributed by atoms with Crippen LogP contribution in [0.1, 0.15) is 25.0 Å². The molecule has 1 aromatic heterocycles. The Morgan fingerprint density at radius 3 is 1.40 bits per heavy atom. The van der Waals surface area contributed by atoms with E-state index in [0.717, 1.165) is 28.3 Å². The smallest absolute Gasteiger partial charge is 0.160 e. The van der Waals surface area contributed by atoms with Gasteiger partial charge in [0.2, 0.25) is 0 Å². The molecule has 0 atom stereocenters. The molecule has 7 aromatic carbocycles. The summed E-state index contributed by atoms with van der Waals surface area (Å²) in [4.78, 5) is 10.6. The Morgan fingerprint density at radius 2 is 0.851 bits per heavy atom. The Kier molecular flexibility index (Phi) is 6.20. The van der Waals surface area contributed by atoms with E-state index < -0.39 is 0 Å². The standard InChI is InChI=1S/C45H32N2/c1-45(2)38-27-26-32(40-35-24-14-12-22-33(35)39(29-16-6-3-7-17-29)34-23-13-15-25-36(34)40)28-37(38)43-41(45)42(30-18-8-4-9-19-30)46-44(47-43)31-20-10-5-11-21-31/h3-28H,1-2H3. The Hall–Kier alpha value is -5.86. The van der Waals surface area contributed by atoms with Crippen molar-refractivity contribution in [2.24, 2.45) is 0 Å². The van der Waals surface area contributed by atoms with Crippen LogP contribution in [0.3, 0.4) is 0 Å². The number of hydrogen-bond donors (Lipinski definition) is 0. The van der Waals surface area contributed by atoms with Crippen molar-refractivity contribution in [3.63, 3.8) is 0 Å². The molecule has 1 aliphatic rings. The predicted molar refractivity (Wildman–Crippen MR) is 196 cm³/mol. The lowest BCUT2D eigenvalue weighted by molar-refractivity contribution is 0.658. The summed E-state index contributed by atoms with van der Waals surface area (Å²) >= 11 is 0. The van der Waals surface area contributed by atoms with E-state index in [2.05, 4.69) is 166 Å². The van der Waals surface area contributed by atoms with Crippen LogP contribution in [0.15, 0.2) is 158 Å². The lowest BCUT2D eigenvalue weighted by atomic mass is 9.80. The molecule has 0 fully saturated rings. The Bertz CT molecular complexity index is 2400. The van der Waals surface area contributed by atoms with E-state index in [1.54, 1.807) is 0 Å². The van der Waals surface area contributed by atoms with E-state index in [9.17, 15) is 0 Å². The minimum absolute atomic E-state index is 0.273. The molecule has 0 N–H and O–H groups in total. The summed E-state index contributed by atoms with van der Waals surface area (Å²) in [7, 11) is 0. The first kappa shape index (κ1) is 27.5. The fraction of sp³-hybridized carbons (Fsp3) is 0.0667. The Morgan fingerprint density at radius 1 is 0.404 bits per heavy atom. The van der Waals surface area contributed by atoms with Crippen molar-refractivity contribution in [1.82, 2.24) is 9.97 Å². The fourth-order valence-electron chi connectivity index (χ4n) is 7.70. The number of hydrogen-bond acceptors (Lipinski definition) is 2. The number of nitrogens with zero attached hydrogens (tertiary/aromatic N) is 2. The second kappa shape index (κ2) is 10.6. The number of fused-ring (bicyclic) bond motifs is 5. The summed E-state index contributed by atoms with van der Waals surface area (Å²) in [6, 6.07) is 56.4. The molecule has 1 aliphatic carbocycles. The van der Waals surface area contributed by atoms with Gasteiger partial charge < -0.3 is 0 Å². The van der Waals surface area contributed by atoms with Crippen LogP contribution in [0.25, 0.3) is 77.7 Å². The highest BCUT2D eigenvalue weighted by Crippen LogP contribution is 2.53. The zero-order valence-electron chi connectivity index (χ0n) is 26.4. The SMILES string of the molecule is CC1(C)c2ccc(-c3c4ccccc4c(-c4ccccc4)c4ccccc34)cc2-c2nc(-c3ccccc3)nc(-c3ccccc3)c21. The average Bonchev–Trinajstić information content (AvgIpc) is 3.36. The van der Waals surface area contributed by atoms with Crippen LogP contribution in [-0.2, 0) is 5.41 Å². The van der Waals surface area contributed by atoms with Crippen molar-refractivity contribution in [2.75, 3.05) is 0 Å². The Balaban J connectivity index is 1.34. The van der Waals surface area contributed by atoms with E-state index in [4.69, 9.17) is 9.97 Å². The van der Waals surface area contributed by atoms with Crippen LogP contribution in [0.5, 0.6) is 0 Å². The molecular weight excluding hydrogens is 569 g/mol. The molecule has 0 radical (unpaired) electrons. The maximum Gasteiger partial charge on any atom is 0.160 e. The quantitative estimate of drug-likeness (QED) is 0.188. The van der Waals surface area contributed by atoms with Crippen LogP contribution >= 0.6 is 0 Å². The van der Waals surface area contributed by atoms with Crippen molar-refractivity contribution in [2.45, 2.75) is 19.3 Å². The monoisotopic (exact) mass is 600 g/mol. The van der Waals surface area contributed by atoms with E-state index >= 15 is 0 Å². The molecular formula is C45H32N2. The maximum atomic E-state index is 5.35. The van der Waals surface area contributed by atoms with Gasteiger partial charge in [0, 0.05) is 27.7 Å². The molecule has 8 aromatic rings. The highest BCUT2D eigenvalue weighted by atomic mass is 14.9. The molecule has 2 nitrogen and oxygen atoms in total. The number of aromatic nitrogens is 2. The first-order valence-electron chi connectivity index (χ1n) is 16.3. The van der Waals surface area contributed by atoms with Crippen LogP contribution in [0.4, 0.5) is 0 Å². The van der Waals surface area contributed by atoms with Crippen LogP contribution in [0.2, 0.25) is 0 Å². The summed E-state index contributed by atoms with van der Waals surface area (Å²) < 4.78 is 0. The van der Waals surface area contributed by atoms with Gasteiger partial charge in [0.05, 0.1) is 11.4 Å². The summed E-state index contributed by atoms with van der Waals surface area (Å²) in [5.41, 5.74) is 12.5. The van der Waals surface area contributed by atoms with Crippen LogP contribution < -0.4 is 0 Å². The van der Waals surface area contributed by atoms with Crippen LogP contribution in [0, 0.1) is 0 Å². The molecule has 9 rings (SSSR count). The molecule has 0 amide bonds. The molecule has 0 saturated carbocycles. The van der Waals surface area contributed by atoms with Gasteiger partial charge in [-0.1, -0.05) is 166 Å². The zero-order valence-corrected chi connectivity index (χ0v) is 26.4. The minimum atomic E-state index is -0.273. The third-order valence-corrected chi connectivity index (χ3v) is 9.84. The third kappa shape index (κ3) is 4.26. The topological polar surface area (TPSA) is 25.8 Å². The van der Waals surface area contributed by atoms with E-state index in [-0.39, 0.29) is 5.41 Å². The number of benzene rings is 7. The lowest BCUT2D eigenvalue weighted by Crippen LogP contribution is -2.17. The van der Waals surface area contributed by atoms with Gasteiger partial charge in [0.1, 0.15) is 0 Å². The highest BCUT2D eigenvalue weighted by Gasteiger charge is 2.40. The van der Waals surface area contributed by atoms with Crippen molar-refractivity contribution >= 4 is 21.5 Å². The minimum Gasteiger partial charge on any atom is -0.228 e. The first-order chi connectivity index (χ1) is 23.1. The van der Waals surface area contributed by atoms with Crippen molar-refractivity contribution in [1.29, 1.82) is 0 Å². The molecule has 0 bridgehead atoms. The van der Waals surface area contributed by atoms with Crippen molar-refractivity contribution in [3.05, 3.63) is 169 Å². The van der Waals surface area contributed by atoms with Gasteiger partial charge in [-0.25, -0.2) is 9.97 Å². The average molecular weight is 601 g/mol. The molecule has 1 heterocycles.